The normalized spacial score (nSPS) is 11.6. The molecule has 3 N–H and O–H groups in total. The number of hydrogen-bond acceptors (Lipinski definition) is 4. The molecule has 1 aromatic carbocycles. The molecule has 20 heavy (non-hydrogen) atoms. The lowest BCUT2D eigenvalue weighted by molar-refractivity contribution is 0.419. The van der Waals surface area contributed by atoms with E-state index >= 15 is 0 Å². The fraction of sp³-hybridized carbons (Fsp3) is 0.231. The number of rotatable bonds is 4. The Labute approximate surface area is 126 Å². The molecular formula is C13H15BrN2O3S. The number of nitrogens with one attached hydrogen (secondary N) is 1. The van der Waals surface area contributed by atoms with Crippen molar-refractivity contribution in [2.75, 3.05) is 5.32 Å². The summed E-state index contributed by atoms with van der Waals surface area (Å²) in [7, 11) is -3.79. The van der Waals surface area contributed by atoms with Crippen LogP contribution in [0.25, 0.3) is 0 Å². The van der Waals surface area contributed by atoms with Gasteiger partial charge in [0.25, 0.3) is 10.0 Å². The second-order valence-electron chi connectivity index (χ2n) is 4.53. The van der Waals surface area contributed by atoms with Crippen molar-refractivity contribution >= 4 is 31.6 Å². The van der Waals surface area contributed by atoms with Gasteiger partial charge >= 0.3 is 0 Å². The molecule has 0 aliphatic rings. The van der Waals surface area contributed by atoms with Gasteiger partial charge in [0.15, 0.2) is 0 Å². The predicted molar refractivity (Wildman–Crippen MR) is 81.0 cm³/mol. The molecule has 0 fully saturated rings. The second kappa shape index (κ2) is 5.59. The molecule has 0 spiro atoms. The minimum absolute atomic E-state index is 0.224. The summed E-state index contributed by atoms with van der Waals surface area (Å²) in [5.41, 5.74) is 3.19. The summed E-state index contributed by atoms with van der Waals surface area (Å²) in [5.74, 6) is 0.510. The molecule has 0 aliphatic carbocycles. The van der Waals surface area contributed by atoms with E-state index < -0.39 is 10.0 Å². The van der Waals surface area contributed by atoms with Crippen molar-refractivity contribution < 1.29 is 12.8 Å². The van der Waals surface area contributed by atoms with E-state index in [1.165, 1.54) is 6.07 Å². The topological polar surface area (TPSA) is 85.3 Å². The van der Waals surface area contributed by atoms with Gasteiger partial charge in [0.05, 0.1) is 6.54 Å². The van der Waals surface area contributed by atoms with Gasteiger partial charge in [-0.3, -0.25) is 0 Å². The standard InChI is InChI=1S/C13H15BrN2O3S/c1-8-5-10(14)6-9(2)13(8)16-7-11-3-4-12(19-11)20(15,17)18/h3-6,16H,7H2,1-2H3,(H2,15,17,18). The van der Waals surface area contributed by atoms with Gasteiger partial charge in [0.2, 0.25) is 5.09 Å². The molecule has 7 heteroatoms. The van der Waals surface area contributed by atoms with Gasteiger partial charge in [-0.15, -0.1) is 0 Å². The van der Waals surface area contributed by atoms with E-state index in [0.717, 1.165) is 21.3 Å². The minimum atomic E-state index is -3.79. The number of primary sulfonamides is 1. The first-order valence-electron chi connectivity index (χ1n) is 5.89. The van der Waals surface area contributed by atoms with Crippen molar-refractivity contribution in [3.8, 4) is 0 Å². The third kappa shape index (κ3) is 3.41. The van der Waals surface area contributed by atoms with Gasteiger partial charge in [-0.25, -0.2) is 13.6 Å². The third-order valence-electron chi connectivity index (χ3n) is 2.85. The maximum Gasteiger partial charge on any atom is 0.271 e. The fourth-order valence-electron chi connectivity index (χ4n) is 1.97. The Morgan fingerprint density at radius 1 is 1.25 bits per heavy atom. The zero-order chi connectivity index (χ0) is 14.9. The van der Waals surface area contributed by atoms with Crippen molar-refractivity contribution in [2.45, 2.75) is 25.5 Å². The first-order valence-corrected chi connectivity index (χ1v) is 8.23. The summed E-state index contributed by atoms with van der Waals surface area (Å²) in [6.45, 7) is 4.38. The van der Waals surface area contributed by atoms with Gasteiger partial charge in [-0.2, -0.15) is 0 Å². The van der Waals surface area contributed by atoms with E-state index in [4.69, 9.17) is 9.56 Å². The summed E-state index contributed by atoms with van der Waals surface area (Å²) in [5, 5.41) is 8.01. The van der Waals surface area contributed by atoms with E-state index in [1.54, 1.807) is 6.07 Å². The molecule has 108 valence electrons. The lowest BCUT2D eigenvalue weighted by Crippen LogP contribution is -2.10. The van der Waals surface area contributed by atoms with Crippen molar-refractivity contribution in [3.05, 3.63) is 45.6 Å². The second-order valence-corrected chi connectivity index (χ2v) is 6.94. The summed E-state index contributed by atoms with van der Waals surface area (Å²) in [6, 6.07) is 6.96. The van der Waals surface area contributed by atoms with Crippen LogP contribution in [0.3, 0.4) is 0 Å². The molecule has 0 saturated heterocycles. The molecule has 5 nitrogen and oxygen atoms in total. The van der Waals surface area contributed by atoms with Crippen molar-refractivity contribution in [3.63, 3.8) is 0 Å². The molecule has 0 saturated carbocycles. The number of halogens is 1. The van der Waals surface area contributed by atoms with Crippen LogP contribution in [-0.4, -0.2) is 8.42 Å². The Balaban J connectivity index is 2.16. The van der Waals surface area contributed by atoms with Crippen LogP contribution in [0.2, 0.25) is 0 Å². The molecule has 0 radical (unpaired) electrons. The number of aryl methyl sites for hydroxylation is 2. The van der Waals surface area contributed by atoms with Crippen LogP contribution >= 0.6 is 15.9 Å². The van der Waals surface area contributed by atoms with Crippen LogP contribution in [0.5, 0.6) is 0 Å². The quantitative estimate of drug-likeness (QED) is 0.879. The van der Waals surface area contributed by atoms with E-state index in [1.807, 2.05) is 26.0 Å². The zero-order valence-electron chi connectivity index (χ0n) is 11.1. The average Bonchev–Trinajstić information content (AvgIpc) is 2.75. The monoisotopic (exact) mass is 358 g/mol. The van der Waals surface area contributed by atoms with Gasteiger partial charge in [0.1, 0.15) is 5.76 Å². The molecule has 1 aromatic heterocycles. The molecule has 2 rings (SSSR count). The Kier molecular flexibility index (Phi) is 4.22. The van der Waals surface area contributed by atoms with Crippen LogP contribution < -0.4 is 10.5 Å². The van der Waals surface area contributed by atoms with Crippen LogP contribution in [0.1, 0.15) is 16.9 Å². The lowest BCUT2D eigenvalue weighted by Gasteiger charge is -2.12. The van der Waals surface area contributed by atoms with Crippen molar-refractivity contribution in [1.29, 1.82) is 0 Å². The van der Waals surface area contributed by atoms with E-state index in [-0.39, 0.29) is 5.09 Å². The highest BCUT2D eigenvalue weighted by molar-refractivity contribution is 9.10. The largest absolute Gasteiger partial charge is 0.446 e. The fourth-order valence-corrected chi connectivity index (χ4v) is 3.14. The first kappa shape index (κ1) is 15.1. The summed E-state index contributed by atoms with van der Waals surface area (Å²) < 4.78 is 28.5. The molecular weight excluding hydrogens is 344 g/mol. The van der Waals surface area contributed by atoms with Crippen LogP contribution in [0.15, 0.2) is 38.2 Å². The van der Waals surface area contributed by atoms with E-state index in [2.05, 4.69) is 21.2 Å². The third-order valence-corrected chi connectivity index (χ3v) is 4.09. The van der Waals surface area contributed by atoms with Crippen molar-refractivity contribution in [2.24, 2.45) is 5.14 Å². The summed E-state index contributed by atoms with van der Waals surface area (Å²) in [6.07, 6.45) is 0. The Morgan fingerprint density at radius 3 is 2.35 bits per heavy atom. The number of furan rings is 1. The van der Waals surface area contributed by atoms with Gasteiger partial charge < -0.3 is 9.73 Å². The Hall–Kier alpha value is -1.31. The van der Waals surface area contributed by atoms with E-state index in [0.29, 0.717) is 12.3 Å². The molecule has 0 aliphatic heterocycles. The highest BCUT2D eigenvalue weighted by atomic mass is 79.9. The number of hydrogen-bond donors (Lipinski definition) is 2. The lowest BCUT2D eigenvalue weighted by atomic mass is 10.1. The Bertz CT molecular complexity index is 715. The highest BCUT2D eigenvalue weighted by Crippen LogP contribution is 2.25. The van der Waals surface area contributed by atoms with Gasteiger partial charge in [-0.1, -0.05) is 15.9 Å². The maximum absolute atomic E-state index is 11.1. The van der Waals surface area contributed by atoms with Crippen LogP contribution in [0.4, 0.5) is 5.69 Å². The highest BCUT2D eigenvalue weighted by Gasteiger charge is 2.13. The first-order chi connectivity index (χ1) is 9.27. The number of sulfonamides is 1. The Morgan fingerprint density at radius 2 is 1.85 bits per heavy atom. The molecule has 0 bridgehead atoms. The van der Waals surface area contributed by atoms with Gasteiger partial charge in [0, 0.05) is 10.2 Å². The van der Waals surface area contributed by atoms with Gasteiger partial charge in [-0.05, 0) is 49.2 Å². The summed E-state index contributed by atoms with van der Waals surface area (Å²) in [4.78, 5) is 0. The number of anilines is 1. The van der Waals surface area contributed by atoms with E-state index in [9.17, 15) is 8.42 Å². The molecule has 0 atom stereocenters. The number of nitrogens with two attached hydrogens (primary N) is 1. The predicted octanol–water partition coefficient (Wildman–Crippen LogP) is 2.92. The van der Waals surface area contributed by atoms with Crippen LogP contribution in [-0.2, 0) is 16.6 Å². The van der Waals surface area contributed by atoms with Crippen LogP contribution in [0, 0.1) is 13.8 Å². The molecule has 0 amide bonds. The molecule has 0 unspecified atom stereocenters. The number of benzene rings is 1. The van der Waals surface area contributed by atoms with Crippen molar-refractivity contribution in [1.82, 2.24) is 0 Å². The molecule has 1 heterocycles. The zero-order valence-corrected chi connectivity index (χ0v) is 13.5. The minimum Gasteiger partial charge on any atom is -0.446 e. The molecule has 2 aromatic rings. The average molecular weight is 359 g/mol. The SMILES string of the molecule is Cc1cc(Br)cc(C)c1NCc1ccc(S(N)(=O)=O)o1. The maximum atomic E-state index is 11.1. The smallest absolute Gasteiger partial charge is 0.271 e. The summed E-state index contributed by atoms with van der Waals surface area (Å²) >= 11 is 3.44.